The summed E-state index contributed by atoms with van der Waals surface area (Å²) < 4.78 is 15.4. The SMILES string of the molecule is O=COC1=C/C(=C/c2ccnc(-c3cc(/C=C4/C=C(OC=O)CCC4)cc(-c4cc(/C=C5/C=C(OC=O)CCC5)ccn4)n3)c2)CCC1. The Balaban J connectivity index is 1.39. The van der Waals surface area contributed by atoms with Gasteiger partial charge in [0.1, 0.15) is 17.3 Å². The maximum Gasteiger partial charge on any atom is 0.298 e. The molecule has 0 radical (unpaired) electrons. The lowest BCUT2D eigenvalue weighted by atomic mass is 9.97. The molecule has 0 spiro atoms. The average molecular weight is 642 g/mol. The Morgan fingerprint density at radius 3 is 1.25 bits per heavy atom. The van der Waals surface area contributed by atoms with Gasteiger partial charge in [-0.1, -0.05) is 18.2 Å². The molecule has 9 heteroatoms. The standard InChI is InChI=1S/C39H35N3O6/c43-24-46-33-7-1-4-27(17-33)14-30-10-12-40-36(20-30)38-22-32(16-29-6-3-9-35(19-29)48-26-45)23-39(42-38)37-21-31(11-13-41-37)15-28-5-2-8-34(18-28)47-25-44/h10-26H,1-9H2/b27-14+,28-15+,29-16+. The van der Waals surface area contributed by atoms with E-state index in [9.17, 15) is 14.4 Å². The average Bonchev–Trinajstić information content (AvgIpc) is 3.09. The molecule has 3 aromatic heterocycles. The zero-order valence-electron chi connectivity index (χ0n) is 26.5. The summed E-state index contributed by atoms with van der Waals surface area (Å²) in [5.74, 6) is 1.99. The third-order valence-corrected chi connectivity index (χ3v) is 8.30. The van der Waals surface area contributed by atoms with Gasteiger partial charge in [0.15, 0.2) is 0 Å². The van der Waals surface area contributed by atoms with Crippen molar-refractivity contribution in [1.29, 1.82) is 0 Å². The van der Waals surface area contributed by atoms with E-state index in [1.807, 2.05) is 54.6 Å². The highest BCUT2D eigenvalue weighted by atomic mass is 16.5. The third kappa shape index (κ3) is 8.55. The highest BCUT2D eigenvalue weighted by Gasteiger charge is 2.14. The Kier molecular flexibility index (Phi) is 10.6. The maximum atomic E-state index is 11.0. The van der Waals surface area contributed by atoms with Crippen molar-refractivity contribution in [3.05, 3.63) is 118 Å². The van der Waals surface area contributed by atoms with E-state index in [1.54, 1.807) is 12.4 Å². The lowest BCUT2D eigenvalue weighted by Crippen LogP contribution is -1.99. The van der Waals surface area contributed by atoms with E-state index in [4.69, 9.17) is 19.2 Å². The topological polar surface area (TPSA) is 118 Å². The molecule has 48 heavy (non-hydrogen) atoms. The molecule has 0 amide bonds. The van der Waals surface area contributed by atoms with Gasteiger partial charge in [-0.25, -0.2) is 4.98 Å². The van der Waals surface area contributed by atoms with Crippen LogP contribution in [0.1, 0.15) is 74.5 Å². The number of carbonyl (C=O) groups is 3. The molecule has 3 heterocycles. The van der Waals surface area contributed by atoms with Crippen molar-refractivity contribution < 1.29 is 28.6 Å². The molecule has 0 fully saturated rings. The van der Waals surface area contributed by atoms with Crippen LogP contribution in [0.3, 0.4) is 0 Å². The van der Waals surface area contributed by atoms with Crippen LogP contribution in [0.5, 0.6) is 0 Å². The van der Waals surface area contributed by atoms with E-state index >= 15 is 0 Å². The van der Waals surface area contributed by atoms with Crippen LogP contribution in [-0.2, 0) is 28.6 Å². The predicted octanol–water partition coefficient (Wildman–Crippen LogP) is 8.08. The molecule has 9 nitrogen and oxygen atoms in total. The van der Waals surface area contributed by atoms with Crippen LogP contribution in [0.2, 0.25) is 0 Å². The quantitative estimate of drug-likeness (QED) is 0.151. The van der Waals surface area contributed by atoms with E-state index in [0.29, 0.717) is 59.5 Å². The van der Waals surface area contributed by atoms with Gasteiger partial charge in [0.05, 0.1) is 22.8 Å². The van der Waals surface area contributed by atoms with Gasteiger partial charge >= 0.3 is 0 Å². The van der Waals surface area contributed by atoms with Crippen LogP contribution >= 0.6 is 0 Å². The summed E-state index contributed by atoms with van der Waals surface area (Å²) >= 11 is 0. The normalized spacial score (nSPS) is 18.8. The number of pyridine rings is 3. The van der Waals surface area contributed by atoms with Crippen LogP contribution in [0.15, 0.2) is 101 Å². The second-order valence-corrected chi connectivity index (χ2v) is 11.8. The number of allylic oxidation sites excluding steroid dienone is 9. The van der Waals surface area contributed by atoms with Gasteiger partial charge in [-0.3, -0.25) is 24.4 Å². The van der Waals surface area contributed by atoms with Crippen molar-refractivity contribution >= 4 is 37.6 Å². The first kappa shape index (κ1) is 32.2. The lowest BCUT2D eigenvalue weighted by molar-refractivity contribution is -0.126. The number of nitrogens with zero attached hydrogens (tertiary/aromatic N) is 3. The van der Waals surface area contributed by atoms with Crippen molar-refractivity contribution in [3.8, 4) is 22.8 Å². The summed E-state index contributed by atoms with van der Waals surface area (Å²) in [6, 6.07) is 11.9. The van der Waals surface area contributed by atoms with Crippen molar-refractivity contribution in [2.75, 3.05) is 0 Å². The fourth-order valence-electron chi connectivity index (χ4n) is 6.15. The fourth-order valence-corrected chi connectivity index (χ4v) is 6.15. The molecule has 0 N–H and O–H groups in total. The smallest absolute Gasteiger partial charge is 0.298 e. The first-order chi connectivity index (χ1) is 23.6. The number of hydrogen-bond donors (Lipinski definition) is 0. The molecular formula is C39H35N3O6. The number of ether oxygens (including phenoxy) is 3. The van der Waals surface area contributed by atoms with Crippen LogP contribution < -0.4 is 0 Å². The van der Waals surface area contributed by atoms with Gasteiger partial charge in [-0.05, 0) is 127 Å². The summed E-state index contributed by atoms with van der Waals surface area (Å²) in [6.45, 7) is 1.41. The predicted molar refractivity (Wildman–Crippen MR) is 182 cm³/mol. The molecule has 0 bridgehead atoms. The zero-order valence-corrected chi connectivity index (χ0v) is 26.5. The Bertz CT molecular complexity index is 1790. The third-order valence-electron chi connectivity index (χ3n) is 8.30. The number of hydrogen-bond acceptors (Lipinski definition) is 9. The van der Waals surface area contributed by atoms with Gasteiger partial charge in [-0.2, -0.15) is 0 Å². The van der Waals surface area contributed by atoms with E-state index < -0.39 is 0 Å². The van der Waals surface area contributed by atoms with Gasteiger partial charge in [0.25, 0.3) is 19.4 Å². The van der Waals surface area contributed by atoms with Crippen molar-refractivity contribution in [3.63, 3.8) is 0 Å². The van der Waals surface area contributed by atoms with Gasteiger partial charge in [0, 0.05) is 31.7 Å². The number of aromatic nitrogens is 3. The molecule has 3 aliphatic rings. The number of carbonyl (C=O) groups excluding carboxylic acids is 3. The zero-order chi connectivity index (χ0) is 33.1. The highest BCUT2D eigenvalue weighted by molar-refractivity contribution is 5.72. The van der Waals surface area contributed by atoms with Gasteiger partial charge in [-0.15, -0.1) is 0 Å². The molecule has 0 saturated heterocycles. The second kappa shape index (κ2) is 15.7. The van der Waals surface area contributed by atoms with Crippen LogP contribution in [0.4, 0.5) is 0 Å². The first-order valence-electron chi connectivity index (χ1n) is 16.1. The van der Waals surface area contributed by atoms with Crippen LogP contribution in [0.25, 0.3) is 41.0 Å². The largest absolute Gasteiger partial charge is 0.433 e. The maximum absolute atomic E-state index is 11.0. The molecular weight excluding hydrogens is 606 g/mol. The summed E-state index contributed by atoms with van der Waals surface area (Å²) in [7, 11) is 0. The minimum absolute atomic E-state index is 0.470. The summed E-state index contributed by atoms with van der Waals surface area (Å²) in [4.78, 5) is 47.1. The van der Waals surface area contributed by atoms with Crippen LogP contribution in [-0.4, -0.2) is 34.4 Å². The molecule has 242 valence electrons. The minimum Gasteiger partial charge on any atom is -0.433 e. The molecule has 3 aliphatic carbocycles. The number of rotatable bonds is 11. The van der Waals surface area contributed by atoms with E-state index in [2.05, 4.69) is 28.2 Å². The molecule has 6 rings (SSSR count). The Morgan fingerprint density at radius 1 is 0.479 bits per heavy atom. The van der Waals surface area contributed by atoms with Crippen molar-refractivity contribution in [2.24, 2.45) is 0 Å². The first-order valence-corrected chi connectivity index (χ1v) is 16.1. The summed E-state index contributed by atoms with van der Waals surface area (Å²) in [5.41, 5.74) is 8.81. The Hall–Kier alpha value is -5.70. The monoisotopic (exact) mass is 641 g/mol. The molecule has 0 aliphatic heterocycles. The molecule has 0 aromatic carbocycles. The fraction of sp³-hybridized carbons (Fsp3) is 0.231. The molecule has 0 atom stereocenters. The van der Waals surface area contributed by atoms with E-state index in [1.165, 1.54) is 0 Å². The Labute approximate surface area is 279 Å². The Morgan fingerprint density at radius 2 is 0.854 bits per heavy atom. The summed E-state index contributed by atoms with van der Waals surface area (Å²) in [5, 5.41) is 0. The highest BCUT2D eigenvalue weighted by Crippen LogP contribution is 2.31. The van der Waals surface area contributed by atoms with Gasteiger partial charge < -0.3 is 14.2 Å². The van der Waals surface area contributed by atoms with Crippen molar-refractivity contribution in [2.45, 2.75) is 57.8 Å². The van der Waals surface area contributed by atoms with E-state index in [-0.39, 0.29) is 0 Å². The molecule has 0 unspecified atom stereocenters. The molecule has 0 saturated carbocycles. The van der Waals surface area contributed by atoms with Gasteiger partial charge in [0.2, 0.25) is 0 Å². The second-order valence-electron chi connectivity index (χ2n) is 11.8. The van der Waals surface area contributed by atoms with E-state index in [0.717, 1.165) is 91.2 Å². The summed E-state index contributed by atoms with van der Waals surface area (Å²) in [6.07, 6.45) is 23.1. The van der Waals surface area contributed by atoms with Crippen molar-refractivity contribution in [1.82, 2.24) is 15.0 Å². The van der Waals surface area contributed by atoms with Crippen LogP contribution in [0, 0.1) is 0 Å². The molecule has 3 aromatic rings. The lowest BCUT2D eigenvalue weighted by Gasteiger charge is -2.14. The minimum atomic E-state index is 0.470.